The first-order valence-electron chi connectivity index (χ1n) is 6.04. The molecule has 0 bridgehead atoms. The molecule has 0 radical (unpaired) electrons. The van der Waals surface area contributed by atoms with Gasteiger partial charge in [0.05, 0.1) is 11.8 Å². The molecule has 90 valence electrons. The zero-order chi connectivity index (χ0) is 11.9. The van der Waals surface area contributed by atoms with Crippen molar-refractivity contribution in [1.29, 1.82) is 0 Å². The fourth-order valence-electron chi connectivity index (χ4n) is 2.91. The first kappa shape index (κ1) is 11.4. The van der Waals surface area contributed by atoms with Crippen LogP contribution in [0.15, 0.2) is 0 Å². The van der Waals surface area contributed by atoms with Crippen molar-refractivity contribution in [2.75, 3.05) is 6.54 Å². The highest BCUT2D eigenvalue weighted by atomic mass is 16.4. The molecule has 1 saturated carbocycles. The first-order valence-corrected chi connectivity index (χ1v) is 6.04. The van der Waals surface area contributed by atoms with E-state index in [4.69, 9.17) is 5.11 Å². The topological polar surface area (TPSA) is 57.6 Å². The van der Waals surface area contributed by atoms with E-state index in [1.54, 1.807) is 0 Å². The summed E-state index contributed by atoms with van der Waals surface area (Å²) in [7, 11) is 0. The van der Waals surface area contributed by atoms with Gasteiger partial charge in [-0.1, -0.05) is 6.92 Å². The highest BCUT2D eigenvalue weighted by molar-refractivity contribution is 5.86. The van der Waals surface area contributed by atoms with Gasteiger partial charge in [0.15, 0.2) is 0 Å². The van der Waals surface area contributed by atoms with Gasteiger partial charge in [-0.05, 0) is 32.1 Å². The molecule has 2 fully saturated rings. The van der Waals surface area contributed by atoms with Crippen LogP contribution in [-0.2, 0) is 9.59 Å². The van der Waals surface area contributed by atoms with Gasteiger partial charge < -0.3 is 10.0 Å². The van der Waals surface area contributed by atoms with Crippen LogP contribution in [0, 0.1) is 17.8 Å². The lowest BCUT2D eigenvalue weighted by atomic mass is 9.73. The SMILES string of the molecule is CC1CC(C)N(C(=O)C2CCC2C(=O)O)C1. The number of nitrogens with zero attached hydrogens (tertiary/aromatic N) is 1. The van der Waals surface area contributed by atoms with Crippen LogP contribution in [-0.4, -0.2) is 34.5 Å². The van der Waals surface area contributed by atoms with Crippen LogP contribution in [0.3, 0.4) is 0 Å². The van der Waals surface area contributed by atoms with E-state index in [9.17, 15) is 9.59 Å². The summed E-state index contributed by atoms with van der Waals surface area (Å²) in [5.41, 5.74) is 0. The van der Waals surface area contributed by atoms with Crippen molar-refractivity contribution in [3.8, 4) is 0 Å². The normalized spacial score (nSPS) is 38.2. The molecule has 16 heavy (non-hydrogen) atoms. The van der Waals surface area contributed by atoms with E-state index >= 15 is 0 Å². The summed E-state index contributed by atoms with van der Waals surface area (Å²) in [6.45, 7) is 4.98. The minimum absolute atomic E-state index is 0.0653. The van der Waals surface area contributed by atoms with E-state index in [2.05, 4.69) is 13.8 Å². The number of hydrogen-bond donors (Lipinski definition) is 1. The third-order valence-electron chi connectivity index (χ3n) is 3.98. The third kappa shape index (κ3) is 1.81. The Morgan fingerprint density at radius 3 is 2.19 bits per heavy atom. The molecule has 2 aliphatic rings. The van der Waals surface area contributed by atoms with Crippen molar-refractivity contribution < 1.29 is 14.7 Å². The Hall–Kier alpha value is -1.06. The van der Waals surface area contributed by atoms with Crippen LogP contribution < -0.4 is 0 Å². The summed E-state index contributed by atoms with van der Waals surface area (Å²) in [5, 5.41) is 8.94. The van der Waals surface area contributed by atoms with Crippen molar-refractivity contribution >= 4 is 11.9 Å². The number of carbonyl (C=O) groups is 2. The van der Waals surface area contributed by atoms with Gasteiger partial charge in [0.1, 0.15) is 0 Å². The minimum atomic E-state index is -0.815. The summed E-state index contributed by atoms with van der Waals surface area (Å²) >= 11 is 0. The second-order valence-electron chi connectivity index (χ2n) is 5.31. The standard InChI is InChI=1S/C12H19NO3/c1-7-5-8(2)13(6-7)11(14)9-3-4-10(9)12(15)16/h7-10H,3-6H2,1-2H3,(H,15,16). The molecule has 2 rings (SSSR count). The molecule has 4 unspecified atom stereocenters. The van der Waals surface area contributed by atoms with Crippen molar-refractivity contribution in [2.24, 2.45) is 17.8 Å². The molecule has 1 N–H and O–H groups in total. The maximum atomic E-state index is 12.2. The van der Waals surface area contributed by atoms with Gasteiger partial charge in [0.2, 0.25) is 5.91 Å². The number of rotatable bonds is 2. The molecular formula is C12H19NO3. The molecule has 4 heteroatoms. The molecule has 0 aromatic heterocycles. The smallest absolute Gasteiger partial charge is 0.307 e. The van der Waals surface area contributed by atoms with Gasteiger partial charge in [-0.2, -0.15) is 0 Å². The second kappa shape index (κ2) is 4.07. The Morgan fingerprint density at radius 1 is 1.19 bits per heavy atom. The van der Waals surface area contributed by atoms with E-state index in [0.29, 0.717) is 12.3 Å². The van der Waals surface area contributed by atoms with Crippen LogP contribution in [0.4, 0.5) is 0 Å². The fourth-order valence-corrected chi connectivity index (χ4v) is 2.91. The quantitative estimate of drug-likeness (QED) is 0.771. The lowest BCUT2D eigenvalue weighted by Gasteiger charge is -2.36. The molecular weight excluding hydrogens is 206 g/mol. The maximum Gasteiger partial charge on any atom is 0.307 e. The Bertz CT molecular complexity index is 315. The molecule has 4 atom stereocenters. The van der Waals surface area contributed by atoms with Crippen LogP contribution in [0.2, 0.25) is 0 Å². The summed E-state index contributed by atoms with van der Waals surface area (Å²) in [4.78, 5) is 24.9. The molecule has 1 aliphatic carbocycles. The zero-order valence-electron chi connectivity index (χ0n) is 9.85. The highest BCUT2D eigenvalue weighted by Gasteiger charge is 2.45. The number of carboxylic acid groups (broad SMARTS) is 1. The Labute approximate surface area is 95.6 Å². The van der Waals surface area contributed by atoms with Gasteiger partial charge in [-0.3, -0.25) is 9.59 Å². The van der Waals surface area contributed by atoms with Crippen molar-refractivity contribution in [2.45, 2.75) is 39.2 Å². The van der Waals surface area contributed by atoms with Gasteiger partial charge in [-0.15, -0.1) is 0 Å². The molecule has 1 heterocycles. The monoisotopic (exact) mass is 225 g/mol. The molecule has 0 spiro atoms. The predicted octanol–water partition coefficient (Wildman–Crippen LogP) is 1.35. The Morgan fingerprint density at radius 2 is 1.81 bits per heavy atom. The third-order valence-corrected chi connectivity index (χ3v) is 3.98. The van der Waals surface area contributed by atoms with Gasteiger partial charge in [-0.25, -0.2) is 0 Å². The average molecular weight is 225 g/mol. The van der Waals surface area contributed by atoms with Gasteiger partial charge >= 0.3 is 5.97 Å². The zero-order valence-corrected chi connectivity index (χ0v) is 9.85. The Kier molecular flexibility index (Phi) is 2.91. The van der Waals surface area contributed by atoms with Crippen LogP contribution in [0.1, 0.15) is 33.1 Å². The van der Waals surface area contributed by atoms with E-state index < -0.39 is 11.9 Å². The van der Waals surface area contributed by atoms with E-state index in [0.717, 1.165) is 19.4 Å². The Balaban J connectivity index is 2.00. The number of hydrogen-bond acceptors (Lipinski definition) is 2. The van der Waals surface area contributed by atoms with E-state index in [-0.39, 0.29) is 17.9 Å². The van der Waals surface area contributed by atoms with E-state index in [1.807, 2.05) is 4.90 Å². The van der Waals surface area contributed by atoms with Crippen molar-refractivity contribution in [1.82, 2.24) is 4.90 Å². The number of aliphatic carboxylic acids is 1. The fraction of sp³-hybridized carbons (Fsp3) is 0.833. The summed E-state index contributed by atoms with van der Waals surface area (Å²) < 4.78 is 0. The molecule has 1 aliphatic heterocycles. The van der Waals surface area contributed by atoms with Gasteiger partial charge in [0.25, 0.3) is 0 Å². The predicted molar refractivity (Wildman–Crippen MR) is 58.8 cm³/mol. The van der Waals surface area contributed by atoms with Crippen LogP contribution in [0.5, 0.6) is 0 Å². The lowest BCUT2D eigenvalue weighted by Crippen LogP contribution is -2.47. The second-order valence-corrected chi connectivity index (χ2v) is 5.31. The highest BCUT2D eigenvalue weighted by Crippen LogP contribution is 2.37. The molecule has 0 aromatic rings. The summed E-state index contributed by atoms with van der Waals surface area (Å²) in [6, 6.07) is 0.276. The molecule has 4 nitrogen and oxygen atoms in total. The van der Waals surface area contributed by atoms with Crippen molar-refractivity contribution in [3.05, 3.63) is 0 Å². The van der Waals surface area contributed by atoms with Gasteiger partial charge in [0, 0.05) is 12.6 Å². The van der Waals surface area contributed by atoms with Crippen LogP contribution in [0.25, 0.3) is 0 Å². The number of carboxylic acids is 1. The van der Waals surface area contributed by atoms with Crippen molar-refractivity contribution in [3.63, 3.8) is 0 Å². The average Bonchev–Trinajstić information content (AvgIpc) is 2.41. The maximum absolute atomic E-state index is 12.2. The number of carbonyl (C=O) groups excluding carboxylic acids is 1. The molecule has 0 aromatic carbocycles. The van der Waals surface area contributed by atoms with Crippen LogP contribution >= 0.6 is 0 Å². The first-order chi connectivity index (χ1) is 7.50. The summed E-state index contributed by atoms with van der Waals surface area (Å²) in [6.07, 6.45) is 2.44. The lowest BCUT2D eigenvalue weighted by molar-refractivity contribution is -0.156. The minimum Gasteiger partial charge on any atom is -0.481 e. The number of amides is 1. The summed E-state index contributed by atoms with van der Waals surface area (Å²) in [5.74, 6) is -0.900. The molecule has 1 saturated heterocycles. The molecule has 1 amide bonds. The van der Waals surface area contributed by atoms with E-state index in [1.165, 1.54) is 0 Å². The number of likely N-dealkylation sites (tertiary alicyclic amines) is 1. The largest absolute Gasteiger partial charge is 0.481 e.